The van der Waals surface area contributed by atoms with Crippen molar-refractivity contribution >= 4 is 11.4 Å². The zero-order valence-electron chi connectivity index (χ0n) is 14.2. The molecule has 3 rings (SSSR count). The van der Waals surface area contributed by atoms with E-state index in [4.69, 9.17) is 4.74 Å². The number of anilines is 2. The van der Waals surface area contributed by atoms with Crippen LogP contribution in [-0.4, -0.2) is 64.4 Å². The van der Waals surface area contributed by atoms with Crippen LogP contribution >= 0.6 is 0 Å². The molecule has 0 bridgehead atoms. The lowest BCUT2D eigenvalue weighted by Crippen LogP contribution is -2.44. The third kappa shape index (κ3) is 3.55. The molecule has 2 aliphatic rings. The van der Waals surface area contributed by atoms with E-state index in [2.05, 4.69) is 53.8 Å². The number of morpholine rings is 1. The van der Waals surface area contributed by atoms with E-state index in [0.29, 0.717) is 5.92 Å². The maximum absolute atomic E-state index is 5.50. The predicted octanol–water partition coefficient (Wildman–Crippen LogP) is 2.40. The van der Waals surface area contributed by atoms with Crippen molar-refractivity contribution < 1.29 is 4.74 Å². The van der Waals surface area contributed by atoms with Crippen LogP contribution in [0.1, 0.15) is 25.3 Å². The second-order valence-corrected chi connectivity index (χ2v) is 6.83. The summed E-state index contributed by atoms with van der Waals surface area (Å²) in [6, 6.07) is 7.14. The number of rotatable bonds is 3. The van der Waals surface area contributed by atoms with Gasteiger partial charge >= 0.3 is 0 Å². The van der Waals surface area contributed by atoms with Gasteiger partial charge in [-0.25, -0.2) is 0 Å². The lowest BCUT2D eigenvalue weighted by molar-refractivity contribution is 0.122. The highest BCUT2D eigenvalue weighted by Gasteiger charge is 2.18. The Kier molecular flexibility index (Phi) is 4.89. The number of hydrogen-bond donors (Lipinski definition) is 0. The molecule has 122 valence electrons. The minimum atomic E-state index is 0.562. The van der Waals surface area contributed by atoms with Gasteiger partial charge in [0, 0.05) is 50.6 Å². The van der Waals surface area contributed by atoms with Gasteiger partial charge in [0.15, 0.2) is 0 Å². The van der Waals surface area contributed by atoms with Crippen LogP contribution in [0, 0.1) is 0 Å². The van der Waals surface area contributed by atoms with Gasteiger partial charge in [-0.05, 0) is 36.7 Å². The Morgan fingerprint density at radius 2 is 1.36 bits per heavy atom. The highest BCUT2D eigenvalue weighted by atomic mass is 16.5. The number of likely N-dealkylation sites (N-methyl/N-ethyl adjacent to an activating group) is 1. The van der Waals surface area contributed by atoms with Gasteiger partial charge in [0.1, 0.15) is 0 Å². The molecule has 2 saturated heterocycles. The Hall–Kier alpha value is -1.26. The molecule has 0 atom stereocenters. The summed E-state index contributed by atoms with van der Waals surface area (Å²) in [5, 5.41) is 0. The normalized spacial score (nSPS) is 20.7. The summed E-state index contributed by atoms with van der Waals surface area (Å²) >= 11 is 0. The lowest BCUT2D eigenvalue weighted by Gasteiger charge is -2.36. The fraction of sp³-hybridized carbons (Fsp3) is 0.667. The molecule has 0 unspecified atom stereocenters. The van der Waals surface area contributed by atoms with Crippen LogP contribution in [0.15, 0.2) is 18.2 Å². The van der Waals surface area contributed by atoms with Crippen molar-refractivity contribution in [3.05, 3.63) is 23.8 Å². The van der Waals surface area contributed by atoms with Crippen LogP contribution in [-0.2, 0) is 4.74 Å². The van der Waals surface area contributed by atoms with Gasteiger partial charge in [0.25, 0.3) is 0 Å². The summed E-state index contributed by atoms with van der Waals surface area (Å²) in [5.74, 6) is 0.562. The predicted molar refractivity (Wildman–Crippen MR) is 93.3 cm³/mol. The number of benzene rings is 1. The largest absolute Gasteiger partial charge is 0.378 e. The maximum atomic E-state index is 5.50. The molecule has 4 heteroatoms. The third-order valence-electron chi connectivity index (χ3n) is 4.84. The average Bonchev–Trinajstić information content (AvgIpc) is 2.56. The van der Waals surface area contributed by atoms with E-state index in [9.17, 15) is 0 Å². The molecule has 0 aromatic heterocycles. The first kappa shape index (κ1) is 15.6. The summed E-state index contributed by atoms with van der Waals surface area (Å²) in [6.45, 7) is 12.8. The standard InChI is InChI=1S/C18H29N3O/c1-15(2)16-12-17(20-6-4-19(3)5-7-20)14-18(13-16)21-8-10-22-11-9-21/h12-15H,4-11H2,1-3H3. The average molecular weight is 303 g/mol. The van der Waals surface area contributed by atoms with E-state index in [0.717, 1.165) is 52.5 Å². The Morgan fingerprint density at radius 3 is 1.91 bits per heavy atom. The van der Waals surface area contributed by atoms with E-state index in [-0.39, 0.29) is 0 Å². The SMILES string of the molecule is CC(C)c1cc(N2CCOCC2)cc(N2CCN(C)CC2)c1. The molecule has 0 N–H and O–H groups in total. The van der Waals surface area contributed by atoms with Crippen molar-refractivity contribution in [1.82, 2.24) is 4.90 Å². The second kappa shape index (κ2) is 6.88. The van der Waals surface area contributed by atoms with Crippen molar-refractivity contribution in [2.24, 2.45) is 0 Å². The van der Waals surface area contributed by atoms with Crippen molar-refractivity contribution in [2.45, 2.75) is 19.8 Å². The van der Waals surface area contributed by atoms with E-state index < -0.39 is 0 Å². The van der Waals surface area contributed by atoms with Crippen LogP contribution in [0.4, 0.5) is 11.4 Å². The Balaban J connectivity index is 1.86. The van der Waals surface area contributed by atoms with Gasteiger partial charge in [-0.1, -0.05) is 13.8 Å². The molecular formula is C18H29N3O. The van der Waals surface area contributed by atoms with Gasteiger partial charge in [0.2, 0.25) is 0 Å². The molecule has 0 spiro atoms. The van der Waals surface area contributed by atoms with Gasteiger partial charge < -0.3 is 19.4 Å². The van der Waals surface area contributed by atoms with E-state index in [1.54, 1.807) is 0 Å². The molecule has 1 aromatic rings. The molecule has 22 heavy (non-hydrogen) atoms. The Bertz CT molecular complexity index is 489. The molecule has 0 amide bonds. The first-order chi connectivity index (χ1) is 10.6. The lowest BCUT2D eigenvalue weighted by atomic mass is 10.0. The fourth-order valence-corrected chi connectivity index (χ4v) is 3.20. The van der Waals surface area contributed by atoms with Crippen LogP contribution in [0.3, 0.4) is 0 Å². The summed E-state index contributed by atoms with van der Waals surface area (Å²) in [5.41, 5.74) is 4.20. The van der Waals surface area contributed by atoms with Gasteiger partial charge in [-0.2, -0.15) is 0 Å². The molecule has 2 fully saturated rings. The number of piperazine rings is 1. The topological polar surface area (TPSA) is 19.0 Å². The number of nitrogens with zero attached hydrogens (tertiary/aromatic N) is 3. The first-order valence-electron chi connectivity index (χ1n) is 8.54. The smallest absolute Gasteiger partial charge is 0.0642 e. The minimum absolute atomic E-state index is 0.562. The van der Waals surface area contributed by atoms with Crippen LogP contribution < -0.4 is 9.80 Å². The summed E-state index contributed by atoms with van der Waals surface area (Å²) in [7, 11) is 2.21. The molecule has 4 nitrogen and oxygen atoms in total. The highest BCUT2D eigenvalue weighted by Crippen LogP contribution is 2.30. The molecule has 1 aromatic carbocycles. The van der Waals surface area contributed by atoms with E-state index in [1.807, 2.05) is 0 Å². The van der Waals surface area contributed by atoms with Gasteiger partial charge in [-0.3, -0.25) is 0 Å². The molecule has 0 radical (unpaired) electrons. The monoisotopic (exact) mass is 303 g/mol. The van der Waals surface area contributed by atoms with E-state index >= 15 is 0 Å². The van der Waals surface area contributed by atoms with Gasteiger partial charge in [0.05, 0.1) is 13.2 Å². The summed E-state index contributed by atoms with van der Waals surface area (Å²) < 4.78 is 5.50. The van der Waals surface area contributed by atoms with Crippen LogP contribution in [0.25, 0.3) is 0 Å². The zero-order chi connectivity index (χ0) is 15.5. The Labute approximate surface area is 134 Å². The number of ether oxygens (including phenoxy) is 1. The highest BCUT2D eigenvalue weighted by molar-refractivity contribution is 5.62. The number of hydrogen-bond acceptors (Lipinski definition) is 4. The molecule has 2 aliphatic heterocycles. The summed E-state index contributed by atoms with van der Waals surface area (Å²) in [6.07, 6.45) is 0. The van der Waals surface area contributed by atoms with Crippen molar-refractivity contribution in [3.8, 4) is 0 Å². The van der Waals surface area contributed by atoms with Crippen LogP contribution in [0.2, 0.25) is 0 Å². The first-order valence-corrected chi connectivity index (χ1v) is 8.54. The van der Waals surface area contributed by atoms with Crippen molar-refractivity contribution in [3.63, 3.8) is 0 Å². The second-order valence-electron chi connectivity index (χ2n) is 6.83. The maximum Gasteiger partial charge on any atom is 0.0642 e. The fourth-order valence-electron chi connectivity index (χ4n) is 3.20. The van der Waals surface area contributed by atoms with Gasteiger partial charge in [-0.15, -0.1) is 0 Å². The van der Waals surface area contributed by atoms with Crippen molar-refractivity contribution in [1.29, 1.82) is 0 Å². The molecule has 0 saturated carbocycles. The molecule has 2 heterocycles. The Morgan fingerprint density at radius 1 is 0.818 bits per heavy atom. The third-order valence-corrected chi connectivity index (χ3v) is 4.84. The zero-order valence-corrected chi connectivity index (χ0v) is 14.2. The van der Waals surface area contributed by atoms with Crippen molar-refractivity contribution in [2.75, 3.05) is 69.3 Å². The molecule has 0 aliphatic carbocycles. The van der Waals surface area contributed by atoms with E-state index in [1.165, 1.54) is 16.9 Å². The minimum Gasteiger partial charge on any atom is -0.378 e. The van der Waals surface area contributed by atoms with Crippen LogP contribution in [0.5, 0.6) is 0 Å². The molecular weight excluding hydrogens is 274 g/mol. The quantitative estimate of drug-likeness (QED) is 0.853. The summed E-state index contributed by atoms with van der Waals surface area (Å²) in [4.78, 5) is 7.41.